The van der Waals surface area contributed by atoms with Crippen LogP contribution in [0.4, 0.5) is 0 Å². The average molecular weight is 228 g/mol. The van der Waals surface area contributed by atoms with Crippen LogP contribution in [0.3, 0.4) is 0 Å². The minimum atomic E-state index is 0.393. The van der Waals surface area contributed by atoms with Gasteiger partial charge < -0.3 is 10.2 Å². The summed E-state index contributed by atoms with van der Waals surface area (Å²) in [5, 5.41) is 3.58. The van der Waals surface area contributed by atoms with Crippen molar-refractivity contribution >= 4 is 0 Å². The molecule has 0 radical (unpaired) electrons. The van der Waals surface area contributed by atoms with Gasteiger partial charge in [-0.05, 0) is 32.2 Å². The maximum Gasteiger partial charge on any atom is 0.00500 e. The molecule has 2 heteroatoms. The van der Waals surface area contributed by atoms with Crippen molar-refractivity contribution in [1.29, 1.82) is 0 Å². The van der Waals surface area contributed by atoms with Crippen LogP contribution in [0.15, 0.2) is 0 Å². The molecule has 0 aliphatic rings. The van der Waals surface area contributed by atoms with Gasteiger partial charge in [-0.1, -0.05) is 34.6 Å². The maximum atomic E-state index is 3.58. The van der Waals surface area contributed by atoms with Gasteiger partial charge in [0.1, 0.15) is 0 Å². The van der Waals surface area contributed by atoms with Crippen molar-refractivity contribution in [2.24, 2.45) is 5.41 Å². The smallest absolute Gasteiger partial charge is 0.00500 e. The van der Waals surface area contributed by atoms with Crippen LogP contribution in [0.25, 0.3) is 0 Å². The van der Waals surface area contributed by atoms with E-state index in [1.807, 2.05) is 0 Å². The number of rotatable bonds is 8. The molecule has 0 aromatic heterocycles. The molecule has 1 unspecified atom stereocenters. The van der Waals surface area contributed by atoms with E-state index in [1.165, 1.54) is 13.0 Å². The predicted octanol–water partition coefficient (Wildman–Crippen LogP) is 3.13. The van der Waals surface area contributed by atoms with Crippen molar-refractivity contribution in [3.8, 4) is 0 Å². The van der Waals surface area contributed by atoms with Crippen LogP contribution in [0.1, 0.15) is 54.9 Å². The minimum Gasteiger partial charge on any atom is -0.314 e. The fraction of sp³-hybridized carbons (Fsp3) is 1.00. The van der Waals surface area contributed by atoms with Gasteiger partial charge in [-0.3, -0.25) is 0 Å². The Balaban J connectivity index is 4.33. The van der Waals surface area contributed by atoms with Crippen molar-refractivity contribution in [2.75, 3.05) is 19.6 Å². The Labute approximate surface area is 103 Å². The van der Waals surface area contributed by atoms with E-state index in [-0.39, 0.29) is 0 Å². The summed E-state index contributed by atoms with van der Waals surface area (Å²) in [6.45, 7) is 19.4. The Kier molecular flexibility index (Phi) is 7.25. The highest BCUT2D eigenvalue weighted by Crippen LogP contribution is 2.22. The van der Waals surface area contributed by atoms with Crippen LogP contribution in [-0.2, 0) is 0 Å². The molecule has 0 heterocycles. The molecule has 0 spiro atoms. The van der Waals surface area contributed by atoms with Gasteiger partial charge in [0.25, 0.3) is 0 Å². The molecule has 0 saturated carbocycles. The van der Waals surface area contributed by atoms with Crippen LogP contribution in [0.5, 0.6) is 0 Å². The molecule has 2 nitrogen and oxygen atoms in total. The van der Waals surface area contributed by atoms with Gasteiger partial charge in [-0.25, -0.2) is 0 Å². The van der Waals surface area contributed by atoms with E-state index in [4.69, 9.17) is 0 Å². The van der Waals surface area contributed by atoms with Crippen LogP contribution >= 0.6 is 0 Å². The van der Waals surface area contributed by atoms with Crippen LogP contribution in [0, 0.1) is 5.41 Å². The Morgan fingerprint density at radius 1 is 1.12 bits per heavy atom. The Hall–Kier alpha value is -0.0800. The van der Waals surface area contributed by atoms with Gasteiger partial charge in [0.15, 0.2) is 0 Å². The Bertz CT molecular complexity index is 178. The van der Waals surface area contributed by atoms with Gasteiger partial charge in [-0.2, -0.15) is 0 Å². The topological polar surface area (TPSA) is 15.3 Å². The third-order valence-corrected chi connectivity index (χ3v) is 3.51. The fourth-order valence-electron chi connectivity index (χ4n) is 1.89. The van der Waals surface area contributed by atoms with E-state index < -0.39 is 0 Å². The van der Waals surface area contributed by atoms with E-state index in [2.05, 4.69) is 58.7 Å². The maximum absolute atomic E-state index is 3.58. The van der Waals surface area contributed by atoms with Crippen molar-refractivity contribution in [1.82, 2.24) is 10.2 Å². The van der Waals surface area contributed by atoms with Crippen molar-refractivity contribution in [2.45, 2.75) is 67.0 Å². The molecule has 0 aliphatic heterocycles. The molecule has 1 atom stereocenters. The molecule has 0 saturated heterocycles. The molecule has 98 valence electrons. The lowest BCUT2D eigenvalue weighted by Crippen LogP contribution is -2.45. The van der Waals surface area contributed by atoms with Gasteiger partial charge in [0.2, 0.25) is 0 Å². The second-order valence-electron chi connectivity index (χ2n) is 5.86. The molecule has 1 N–H and O–H groups in total. The SMILES string of the molecule is CCN(CC(C)(CC)CNC(C)C)C(C)C. The molecule has 16 heavy (non-hydrogen) atoms. The second kappa shape index (κ2) is 7.29. The minimum absolute atomic E-state index is 0.393. The number of nitrogens with one attached hydrogen (secondary N) is 1. The van der Waals surface area contributed by atoms with Crippen molar-refractivity contribution < 1.29 is 0 Å². The summed E-state index contributed by atoms with van der Waals surface area (Å²) in [6.07, 6.45) is 1.23. The standard InChI is InChI=1S/C14H32N2/c1-8-14(7,10-15-12(3)4)11-16(9-2)13(5)6/h12-13,15H,8-11H2,1-7H3. The summed E-state index contributed by atoms with van der Waals surface area (Å²) in [4.78, 5) is 2.56. The summed E-state index contributed by atoms with van der Waals surface area (Å²) >= 11 is 0. The molecule has 0 aliphatic carbocycles. The molecule has 0 aromatic rings. The second-order valence-corrected chi connectivity index (χ2v) is 5.86. The lowest BCUT2D eigenvalue weighted by atomic mass is 9.86. The number of hydrogen-bond donors (Lipinski definition) is 1. The molecule has 0 fully saturated rings. The third-order valence-electron chi connectivity index (χ3n) is 3.51. The van der Waals surface area contributed by atoms with Gasteiger partial charge in [0.05, 0.1) is 0 Å². The van der Waals surface area contributed by atoms with Gasteiger partial charge >= 0.3 is 0 Å². The van der Waals surface area contributed by atoms with Crippen molar-refractivity contribution in [3.05, 3.63) is 0 Å². The zero-order valence-electron chi connectivity index (χ0n) is 12.4. The van der Waals surface area contributed by atoms with Crippen LogP contribution in [-0.4, -0.2) is 36.6 Å². The Morgan fingerprint density at radius 2 is 1.69 bits per heavy atom. The zero-order chi connectivity index (χ0) is 12.8. The third kappa shape index (κ3) is 5.86. The number of hydrogen-bond acceptors (Lipinski definition) is 2. The lowest BCUT2D eigenvalue weighted by molar-refractivity contribution is 0.131. The monoisotopic (exact) mass is 228 g/mol. The van der Waals surface area contributed by atoms with Gasteiger partial charge in [0, 0.05) is 25.2 Å². The van der Waals surface area contributed by atoms with E-state index in [9.17, 15) is 0 Å². The highest BCUT2D eigenvalue weighted by molar-refractivity contribution is 4.81. The van der Waals surface area contributed by atoms with E-state index in [0.717, 1.165) is 13.1 Å². The molecule has 0 aromatic carbocycles. The normalized spacial score (nSPS) is 16.1. The predicted molar refractivity (Wildman–Crippen MR) is 73.9 cm³/mol. The summed E-state index contributed by atoms with van der Waals surface area (Å²) < 4.78 is 0. The molecule has 0 amide bonds. The van der Waals surface area contributed by atoms with E-state index >= 15 is 0 Å². The Morgan fingerprint density at radius 3 is 2.00 bits per heavy atom. The first-order valence-corrected chi connectivity index (χ1v) is 6.82. The summed E-state index contributed by atoms with van der Waals surface area (Å²) in [5.74, 6) is 0. The highest BCUT2D eigenvalue weighted by Gasteiger charge is 2.25. The lowest BCUT2D eigenvalue weighted by Gasteiger charge is -2.37. The van der Waals surface area contributed by atoms with Gasteiger partial charge in [-0.15, -0.1) is 0 Å². The summed E-state index contributed by atoms with van der Waals surface area (Å²) in [5.41, 5.74) is 0.393. The zero-order valence-corrected chi connectivity index (χ0v) is 12.4. The van der Waals surface area contributed by atoms with E-state index in [1.54, 1.807) is 0 Å². The quantitative estimate of drug-likeness (QED) is 0.686. The number of nitrogens with zero attached hydrogens (tertiary/aromatic N) is 1. The molecule has 0 bridgehead atoms. The largest absolute Gasteiger partial charge is 0.314 e. The molecular formula is C14H32N2. The summed E-state index contributed by atoms with van der Waals surface area (Å²) in [6, 6.07) is 1.23. The van der Waals surface area contributed by atoms with Crippen molar-refractivity contribution in [3.63, 3.8) is 0 Å². The molecular weight excluding hydrogens is 196 g/mol. The highest BCUT2D eigenvalue weighted by atomic mass is 15.1. The summed E-state index contributed by atoms with van der Waals surface area (Å²) in [7, 11) is 0. The first-order chi connectivity index (χ1) is 7.34. The first-order valence-electron chi connectivity index (χ1n) is 6.82. The fourth-order valence-corrected chi connectivity index (χ4v) is 1.89. The van der Waals surface area contributed by atoms with E-state index in [0.29, 0.717) is 17.5 Å². The van der Waals surface area contributed by atoms with Crippen LogP contribution < -0.4 is 5.32 Å². The molecule has 0 rings (SSSR count). The average Bonchev–Trinajstić information content (AvgIpc) is 2.23. The first kappa shape index (κ1) is 15.9. The van der Waals surface area contributed by atoms with Crippen LogP contribution in [0.2, 0.25) is 0 Å².